The van der Waals surface area contributed by atoms with Crippen LogP contribution in [0, 0.1) is 20.8 Å². The summed E-state index contributed by atoms with van der Waals surface area (Å²) in [4.78, 5) is 11.2. The van der Waals surface area contributed by atoms with Gasteiger partial charge in [0.05, 0.1) is 18.5 Å². The van der Waals surface area contributed by atoms with Gasteiger partial charge >= 0.3 is 5.97 Å². The summed E-state index contributed by atoms with van der Waals surface area (Å²) in [5, 5.41) is 13.5. The van der Waals surface area contributed by atoms with Crippen LogP contribution in [0.2, 0.25) is 0 Å². The highest BCUT2D eigenvalue weighted by atomic mass is 16.5. The molecule has 1 N–H and O–H groups in total. The quantitative estimate of drug-likeness (QED) is 0.920. The van der Waals surface area contributed by atoms with Gasteiger partial charge in [0.25, 0.3) is 0 Å². The fourth-order valence-electron chi connectivity index (χ4n) is 2.15. The zero-order chi connectivity index (χ0) is 14.2. The minimum absolute atomic E-state index is 0.239. The lowest BCUT2D eigenvalue weighted by Crippen LogP contribution is -2.04. The third-order valence-electron chi connectivity index (χ3n) is 3.07. The number of carbonyl (C=O) groups is 1. The van der Waals surface area contributed by atoms with Crippen LogP contribution in [0.5, 0.6) is 5.75 Å². The van der Waals surface area contributed by atoms with Crippen molar-refractivity contribution in [3.63, 3.8) is 0 Å². The number of aryl methyl sites for hydroxylation is 2. The van der Waals surface area contributed by atoms with Crippen molar-refractivity contribution >= 4 is 5.97 Å². The van der Waals surface area contributed by atoms with Crippen molar-refractivity contribution in [3.8, 4) is 11.4 Å². The Kier molecular flexibility index (Phi) is 3.29. The first-order valence-corrected chi connectivity index (χ1v) is 5.90. The summed E-state index contributed by atoms with van der Waals surface area (Å²) in [5.41, 5.74) is 3.13. The van der Waals surface area contributed by atoms with E-state index in [4.69, 9.17) is 4.74 Å². The molecule has 0 saturated carbocycles. The molecule has 0 spiro atoms. The van der Waals surface area contributed by atoms with E-state index in [1.165, 1.54) is 0 Å². The van der Waals surface area contributed by atoms with E-state index >= 15 is 0 Å². The van der Waals surface area contributed by atoms with Gasteiger partial charge in [0, 0.05) is 0 Å². The molecule has 0 aliphatic rings. The number of rotatable bonds is 3. The highest BCUT2D eigenvalue weighted by molar-refractivity contribution is 5.90. The summed E-state index contributed by atoms with van der Waals surface area (Å²) < 4.78 is 6.93. The molecular weight excluding hydrogens is 244 g/mol. The van der Waals surface area contributed by atoms with E-state index in [1.54, 1.807) is 25.6 Å². The molecule has 0 aliphatic carbocycles. The molecule has 5 heteroatoms. The van der Waals surface area contributed by atoms with E-state index in [0.29, 0.717) is 17.1 Å². The molecule has 0 aliphatic heterocycles. The summed E-state index contributed by atoms with van der Waals surface area (Å²) in [6.07, 6.45) is 0. The first-order chi connectivity index (χ1) is 8.95. The van der Waals surface area contributed by atoms with Crippen LogP contribution < -0.4 is 4.74 Å². The Labute approximate surface area is 111 Å². The molecule has 0 amide bonds. The average Bonchev–Trinajstić information content (AvgIpc) is 2.64. The van der Waals surface area contributed by atoms with Gasteiger partial charge < -0.3 is 9.84 Å². The average molecular weight is 260 g/mol. The Morgan fingerprint density at radius 1 is 1.32 bits per heavy atom. The van der Waals surface area contributed by atoms with Gasteiger partial charge in [0.15, 0.2) is 0 Å². The predicted molar refractivity (Wildman–Crippen MR) is 71.3 cm³/mol. The van der Waals surface area contributed by atoms with Gasteiger partial charge in [-0.2, -0.15) is 5.10 Å². The highest BCUT2D eigenvalue weighted by Gasteiger charge is 2.20. The zero-order valence-corrected chi connectivity index (χ0v) is 11.4. The molecular formula is C14H16N2O3. The van der Waals surface area contributed by atoms with Gasteiger partial charge in [-0.15, -0.1) is 0 Å². The minimum Gasteiger partial charge on any atom is -0.494 e. The number of aromatic carboxylic acids is 1. The van der Waals surface area contributed by atoms with E-state index < -0.39 is 5.97 Å². The van der Waals surface area contributed by atoms with Crippen LogP contribution in [-0.4, -0.2) is 28.0 Å². The Morgan fingerprint density at radius 3 is 2.53 bits per heavy atom. The summed E-state index contributed by atoms with van der Waals surface area (Å²) in [6, 6.07) is 5.71. The Morgan fingerprint density at radius 2 is 2.00 bits per heavy atom. The molecule has 5 nitrogen and oxygen atoms in total. The van der Waals surface area contributed by atoms with E-state index in [1.807, 2.05) is 25.1 Å². The third-order valence-corrected chi connectivity index (χ3v) is 3.07. The highest BCUT2D eigenvalue weighted by Crippen LogP contribution is 2.26. The van der Waals surface area contributed by atoms with Crippen LogP contribution >= 0.6 is 0 Å². The van der Waals surface area contributed by atoms with Gasteiger partial charge in [0.2, 0.25) is 0 Å². The number of methoxy groups -OCH3 is 1. The number of hydrogen-bond acceptors (Lipinski definition) is 3. The fourth-order valence-corrected chi connectivity index (χ4v) is 2.15. The van der Waals surface area contributed by atoms with Crippen molar-refractivity contribution in [2.45, 2.75) is 20.8 Å². The van der Waals surface area contributed by atoms with Gasteiger partial charge in [-0.05, 0) is 38.5 Å². The number of carboxylic acid groups (broad SMARTS) is 1. The Balaban J connectivity index is 2.69. The van der Waals surface area contributed by atoms with Crippen molar-refractivity contribution in [1.29, 1.82) is 0 Å². The maximum atomic E-state index is 11.2. The SMILES string of the molecule is COc1ccc(C)cc1-n1nc(C)c(C(=O)O)c1C. The van der Waals surface area contributed by atoms with Gasteiger partial charge in [-0.3, -0.25) is 0 Å². The van der Waals surface area contributed by atoms with E-state index in [9.17, 15) is 9.90 Å². The lowest BCUT2D eigenvalue weighted by molar-refractivity contribution is 0.0695. The van der Waals surface area contributed by atoms with Crippen molar-refractivity contribution < 1.29 is 14.6 Å². The Bertz CT molecular complexity index is 644. The second-order valence-corrected chi connectivity index (χ2v) is 4.44. The van der Waals surface area contributed by atoms with Crippen LogP contribution in [0.25, 0.3) is 5.69 Å². The lowest BCUT2D eigenvalue weighted by Gasteiger charge is -2.11. The molecule has 1 aromatic carbocycles. The summed E-state index contributed by atoms with van der Waals surface area (Å²) in [6.45, 7) is 5.40. The van der Waals surface area contributed by atoms with Crippen molar-refractivity contribution in [1.82, 2.24) is 9.78 Å². The molecule has 100 valence electrons. The molecule has 2 aromatic rings. The standard InChI is InChI=1S/C14H16N2O3/c1-8-5-6-12(19-4)11(7-8)16-10(3)13(14(17)18)9(2)15-16/h5-7H,1-4H3,(H,17,18). The van der Waals surface area contributed by atoms with Crippen molar-refractivity contribution in [3.05, 3.63) is 40.7 Å². The maximum Gasteiger partial charge on any atom is 0.339 e. The fraction of sp³-hybridized carbons (Fsp3) is 0.286. The summed E-state index contributed by atoms with van der Waals surface area (Å²) in [7, 11) is 1.58. The third kappa shape index (κ3) is 2.19. The number of aromatic nitrogens is 2. The zero-order valence-electron chi connectivity index (χ0n) is 11.4. The minimum atomic E-state index is -0.965. The van der Waals surface area contributed by atoms with Crippen LogP contribution in [0.15, 0.2) is 18.2 Å². The molecule has 19 heavy (non-hydrogen) atoms. The molecule has 0 atom stereocenters. The number of hydrogen-bond donors (Lipinski definition) is 1. The first kappa shape index (κ1) is 13.1. The molecule has 0 saturated heterocycles. The van der Waals surface area contributed by atoms with Crippen LogP contribution in [0.1, 0.15) is 27.3 Å². The number of carboxylic acids is 1. The monoisotopic (exact) mass is 260 g/mol. The summed E-state index contributed by atoms with van der Waals surface area (Å²) in [5.74, 6) is -0.305. The topological polar surface area (TPSA) is 64.4 Å². The van der Waals surface area contributed by atoms with Crippen LogP contribution in [0.4, 0.5) is 0 Å². The van der Waals surface area contributed by atoms with Crippen molar-refractivity contribution in [2.24, 2.45) is 0 Å². The molecule has 0 radical (unpaired) electrons. The largest absolute Gasteiger partial charge is 0.494 e. The smallest absolute Gasteiger partial charge is 0.339 e. The summed E-state index contributed by atoms with van der Waals surface area (Å²) >= 11 is 0. The second-order valence-electron chi connectivity index (χ2n) is 4.44. The van der Waals surface area contributed by atoms with Gasteiger partial charge in [0.1, 0.15) is 17.0 Å². The van der Waals surface area contributed by atoms with E-state index in [2.05, 4.69) is 5.10 Å². The second kappa shape index (κ2) is 4.76. The van der Waals surface area contributed by atoms with E-state index in [-0.39, 0.29) is 5.56 Å². The van der Waals surface area contributed by atoms with Gasteiger partial charge in [-0.1, -0.05) is 6.07 Å². The van der Waals surface area contributed by atoms with Crippen LogP contribution in [0.3, 0.4) is 0 Å². The van der Waals surface area contributed by atoms with Gasteiger partial charge in [-0.25, -0.2) is 9.48 Å². The molecule has 0 unspecified atom stereocenters. The Hall–Kier alpha value is -2.30. The molecule has 1 heterocycles. The lowest BCUT2D eigenvalue weighted by atomic mass is 10.2. The normalized spacial score (nSPS) is 10.5. The van der Waals surface area contributed by atoms with Crippen LogP contribution in [-0.2, 0) is 0 Å². The number of ether oxygens (including phenoxy) is 1. The maximum absolute atomic E-state index is 11.2. The number of nitrogens with zero attached hydrogens (tertiary/aromatic N) is 2. The number of benzene rings is 1. The molecule has 0 fully saturated rings. The molecule has 0 bridgehead atoms. The predicted octanol–water partition coefficient (Wildman–Crippen LogP) is 2.50. The molecule has 2 rings (SSSR count). The molecule has 1 aromatic heterocycles. The first-order valence-electron chi connectivity index (χ1n) is 5.90. The van der Waals surface area contributed by atoms with E-state index in [0.717, 1.165) is 11.3 Å². The van der Waals surface area contributed by atoms with Crippen molar-refractivity contribution in [2.75, 3.05) is 7.11 Å².